The van der Waals surface area contributed by atoms with Crippen molar-refractivity contribution in [2.24, 2.45) is 0 Å². The van der Waals surface area contributed by atoms with E-state index in [1.807, 2.05) is 6.92 Å². The number of carbonyl (C=O) groups excluding carboxylic acids is 1. The molecule has 0 atom stereocenters. The summed E-state index contributed by atoms with van der Waals surface area (Å²) < 4.78 is 16.3. The molecule has 25 heavy (non-hydrogen) atoms. The number of aldehydes is 1. The highest BCUT2D eigenvalue weighted by Crippen LogP contribution is 2.30. The third-order valence-electron chi connectivity index (χ3n) is 3.82. The lowest BCUT2D eigenvalue weighted by atomic mass is 10.1. The second-order valence-electron chi connectivity index (χ2n) is 5.51. The van der Waals surface area contributed by atoms with E-state index >= 15 is 0 Å². The van der Waals surface area contributed by atoms with E-state index in [-0.39, 0.29) is 6.61 Å². The Morgan fingerprint density at radius 3 is 2.68 bits per heavy atom. The van der Waals surface area contributed by atoms with Crippen LogP contribution in [0.1, 0.15) is 21.5 Å². The van der Waals surface area contributed by atoms with Crippen LogP contribution in [-0.2, 0) is 6.61 Å². The second-order valence-corrected chi connectivity index (χ2v) is 5.91. The Morgan fingerprint density at radius 1 is 1.16 bits per heavy atom. The zero-order chi connectivity index (χ0) is 18.0. The predicted molar refractivity (Wildman–Crippen MR) is 94.9 cm³/mol. The quantitative estimate of drug-likeness (QED) is 0.506. The minimum Gasteiger partial charge on any atom is -0.493 e. The Balaban J connectivity index is 1.97. The Kier molecular flexibility index (Phi) is 4.76. The predicted octanol–water partition coefficient (Wildman–Crippen LogP) is 4.15. The van der Waals surface area contributed by atoms with Crippen molar-refractivity contribution in [3.05, 3.63) is 68.5 Å². The van der Waals surface area contributed by atoms with Gasteiger partial charge in [-0.15, -0.1) is 0 Å². The van der Waals surface area contributed by atoms with Crippen LogP contribution < -0.4 is 15.1 Å². The average Bonchev–Trinajstić information content (AvgIpc) is 2.61. The fourth-order valence-electron chi connectivity index (χ4n) is 2.50. The van der Waals surface area contributed by atoms with Gasteiger partial charge in [-0.3, -0.25) is 4.79 Å². The second kappa shape index (κ2) is 6.99. The van der Waals surface area contributed by atoms with Gasteiger partial charge in [0.25, 0.3) is 0 Å². The Hall–Kier alpha value is -2.79. The van der Waals surface area contributed by atoms with Crippen molar-refractivity contribution in [2.45, 2.75) is 13.5 Å². The largest absolute Gasteiger partial charge is 0.493 e. The summed E-state index contributed by atoms with van der Waals surface area (Å²) >= 11 is 6.18. The molecule has 0 fully saturated rings. The van der Waals surface area contributed by atoms with Crippen molar-refractivity contribution in [3.8, 4) is 11.5 Å². The van der Waals surface area contributed by atoms with Crippen LogP contribution in [0.4, 0.5) is 0 Å². The molecule has 1 aromatic heterocycles. The van der Waals surface area contributed by atoms with Crippen LogP contribution in [0.25, 0.3) is 11.0 Å². The van der Waals surface area contributed by atoms with Gasteiger partial charge < -0.3 is 13.9 Å². The highest BCUT2D eigenvalue weighted by Gasteiger charge is 2.11. The molecule has 0 aliphatic carbocycles. The van der Waals surface area contributed by atoms with Crippen molar-refractivity contribution in [1.82, 2.24) is 0 Å². The zero-order valence-electron chi connectivity index (χ0n) is 13.7. The van der Waals surface area contributed by atoms with Gasteiger partial charge in [-0.05, 0) is 42.8 Å². The fourth-order valence-corrected chi connectivity index (χ4v) is 2.66. The highest BCUT2D eigenvalue weighted by molar-refractivity contribution is 6.32. The first-order valence-corrected chi connectivity index (χ1v) is 7.88. The smallest absolute Gasteiger partial charge is 0.336 e. The molecule has 0 saturated carbocycles. The number of carbonyl (C=O) groups is 1. The topological polar surface area (TPSA) is 65.7 Å². The van der Waals surface area contributed by atoms with Crippen LogP contribution >= 0.6 is 11.6 Å². The fraction of sp³-hybridized carbons (Fsp3) is 0.158. The van der Waals surface area contributed by atoms with Gasteiger partial charge in [-0.25, -0.2) is 4.79 Å². The maximum Gasteiger partial charge on any atom is 0.336 e. The van der Waals surface area contributed by atoms with Gasteiger partial charge in [-0.2, -0.15) is 0 Å². The SMILES string of the molecule is COc1cc(C=O)ccc1OCc1cc(=O)oc2cc(C)c(Cl)cc12. The van der Waals surface area contributed by atoms with E-state index < -0.39 is 5.63 Å². The summed E-state index contributed by atoms with van der Waals surface area (Å²) in [6.07, 6.45) is 0.729. The molecule has 0 amide bonds. The number of aryl methyl sites for hydroxylation is 1. The van der Waals surface area contributed by atoms with Crippen molar-refractivity contribution in [2.75, 3.05) is 7.11 Å². The Morgan fingerprint density at radius 2 is 1.96 bits per heavy atom. The molecule has 6 heteroatoms. The summed E-state index contributed by atoms with van der Waals surface area (Å²) in [6.45, 7) is 1.96. The first-order chi connectivity index (χ1) is 12.0. The molecule has 0 saturated heterocycles. The van der Waals surface area contributed by atoms with Crippen LogP contribution in [0.2, 0.25) is 5.02 Å². The van der Waals surface area contributed by atoms with E-state index in [9.17, 15) is 9.59 Å². The number of ether oxygens (including phenoxy) is 2. The van der Waals surface area contributed by atoms with Crippen molar-refractivity contribution < 1.29 is 18.7 Å². The average molecular weight is 359 g/mol. The lowest BCUT2D eigenvalue weighted by Crippen LogP contribution is -2.05. The van der Waals surface area contributed by atoms with E-state index in [0.717, 1.165) is 11.8 Å². The molecule has 0 N–H and O–H groups in total. The maximum atomic E-state index is 11.8. The Bertz CT molecular complexity index is 1010. The molecule has 1 heterocycles. The third-order valence-corrected chi connectivity index (χ3v) is 4.22. The van der Waals surface area contributed by atoms with E-state index in [1.54, 1.807) is 30.3 Å². The van der Waals surface area contributed by atoms with Crippen LogP contribution in [-0.4, -0.2) is 13.4 Å². The molecule has 0 aliphatic rings. The minimum atomic E-state index is -0.462. The number of rotatable bonds is 5. The first-order valence-electron chi connectivity index (χ1n) is 7.50. The molecular formula is C19H15ClO5. The van der Waals surface area contributed by atoms with Gasteiger partial charge >= 0.3 is 5.63 Å². The van der Waals surface area contributed by atoms with Crippen LogP contribution in [0, 0.1) is 6.92 Å². The molecule has 128 valence electrons. The van der Waals surface area contributed by atoms with Crippen molar-refractivity contribution >= 4 is 28.9 Å². The summed E-state index contributed by atoms with van der Waals surface area (Å²) in [5.74, 6) is 0.901. The van der Waals surface area contributed by atoms with Gasteiger partial charge in [0, 0.05) is 27.6 Å². The molecule has 0 radical (unpaired) electrons. The van der Waals surface area contributed by atoms with E-state index in [4.69, 9.17) is 25.5 Å². The number of hydrogen-bond donors (Lipinski definition) is 0. The molecular weight excluding hydrogens is 344 g/mol. The first kappa shape index (κ1) is 17.0. The molecule has 2 aromatic carbocycles. The molecule has 5 nitrogen and oxygen atoms in total. The standard InChI is InChI=1S/C19H15ClO5/c1-11-5-17-14(8-15(11)20)13(7-19(22)25-17)10-24-16-4-3-12(9-21)6-18(16)23-2/h3-9H,10H2,1-2H3. The number of halogens is 1. The molecule has 3 aromatic rings. The summed E-state index contributed by atoms with van der Waals surface area (Å²) in [5, 5.41) is 1.29. The van der Waals surface area contributed by atoms with E-state index in [2.05, 4.69) is 0 Å². The molecule has 3 rings (SSSR count). The normalized spacial score (nSPS) is 10.7. The van der Waals surface area contributed by atoms with Gasteiger partial charge in [-0.1, -0.05) is 11.6 Å². The summed E-state index contributed by atoms with van der Waals surface area (Å²) in [5.41, 5.74) is 1.95. The van der Waals surface area contributed by atoms with Crippen molar-refractivity contribution in [1.29, 1.82) is 0 Å². The highest BCUT2D eigenvalue weighted by atomic mass is 35.5. The number of hydrogen-bond acceptors (Lipinski definition) is 5. The third kappa shape index (κ3) is 3.51. The van der Waals surface area contributed by atoms with E-state index in [0.29, 0.717) is 38.6 Å². The summed E-state index contributed by atoms with van der Waals surface area (Å²) in [6, 6.07) is 9.71. The van der Waals surface area contributed by atoms with Crippen LogP contribution in [0.15, 0.2) is 45.6 Å². The Labute approximate surface area is 148 Å². The molecule has 0 aliphatic heterocycles. The lowest BCUT2D eigenvalue weighted by Gasteiger charge is -2.12. The van der Waals surface area contributed by atoms with Gasteiger partial charge in [0.2, 0.25) is 0 Å². The minimum absolute atomic E-state index is 0.123. The molecule has 0 spiro atoms. The monoisotopic (exact) mass is 358 g/mol. The number of methoxy groups -OCH3 is 1. The van der Waals surface area contributed by atoms with Crippen molar-refractivity contribution in [3.63, 3.8) is 0 Å². The molecule has 0 bridgehead atoms. The number of benzene rings is 2. The molecule has 0 unspecified atom stereocenters. The van der Waals surface area contributed by atoms with Crippen LogP contribution in [0.5, 0.6) is 11.5 Å². The van der Waals surface area contributed by atoms with Gasteiger partial charge in [0.15, 0.2) is 11.5 Å². The lowest BCUT2D eigenvalue weighted by molar-refractivity contribution is 0.112. The van der Waals surface area contributed by atoms with Gasteiger partial charge in [0.1, 0.15) is 18.5 Å². The zero-order valence-corrected chi connectivity index (χ0v) is 14.4. The van der Waals surface area contributed by atoms with Gasteiger partial charge in [0.05, 0.1) is 7.11 Å². The maximum absolute atomic E-state index is 11.8. The van der Waals surface area contributed by atoms with E-state index in [1.165, 1.54) is 13.2 Å². The van der Waals surface area contributed by atoms with Crippen LogP contribution in [0.3, 0.4) is 0 Å². The number of fused-ring (bicyclic) bond motifs is 1. The summed E-state index contributed by atoms with van der Waals surface area (Å²) in [4.78, 5) is 22.7. The summed E-state index contributed by atoms with van der Waals surface area (Å²) in [7, 11) is 1.49.